The van der Waals surface area contributed by atoms with Crippen LogP contribution in [0.4, 0.5) is 0 Å². The van der Waals surface area contributed by atoms with E-state index in [4.69, 9.17) is 0 Å². The molecule has 1 heterocycles. The van der Waals surface area contributed by atoms with E-state index in [0.29, 0.717) is 0 Å². The van der Waals surface area contributed by atoms with E-state index in [0.717, 1.165) is 0 Å². The molecule has 16 heavy (non-hydrogen) atoms. The van der Waals surface area contributed by atoms with Crippen molar-refractivity contribution in [3.8, 4) is 0 Å². The first-order chi connectivity index (χ1) is 7.95. The molecule has 0 unspecified atom stereocenters. The fraction of sp³-hybridized carbons (Fsp3) is 0.533. The van der Waals surface area contributed by atoms with Gasteiger partial charge in [-0.25, -0.2) is 0 Å². The first-order valence-corrected chi connectivity index (χ1v) is 6.53. The van der Waals surface area contributed by atoms with Crippen LogP contribution in [-0.2, 0) is 6.42 Å². The van der Waals surface area contributed by atoms with E-state index in [1.165, 1.54) is 57.3 Å². The van der Waals surface area contributed by atoms with E-state index in [9.17, 15) is 0 Å². The van der Waals surface area contributed by atoms with Crippen LogP contribution in [0, 0.1) is 6.42 Å². The van der Waals surface area contributed by atoms with Crippen LogP contribution in [0.3, 0.4) is 0 Å². The van der Waals surface area contributed by atoms with Gasteiger partial charge in [0.1, 0.15) is 0 Å². The van der Waals surface area contributed by atoms with Crippen molar-refractivity contribution in [2.45, 2.75) is 32.1 Å². The molecule has 2 rings (SSSR count). The van der Waals surface area contributed by atoms with Crippen LogP contribution in [0.15, 0.2) is 30.3 Å². The van der Waals surface area contributed by atoms with Crippen molar-refractivity contribution in [3.63, 3.8) is 0 Å². The van der Waals surface area contributed by atoms with Crippen LogP contribution in [0.1, 0.15) is 31.2 Å². The average Bonchev–Trinajstić information content (AvgIpc) is 2.37. The summed E-state index contributed by atoms with van der Waals surface area (Å²) in [5.41, 5.74) is 1.46. The molecule has 1 radical (unpaired) electrons. The number of hydrogen-bond donors (Lipinski definition) is 0. The molecule has 1 fully saturated rings. The third-order valence-electron chi connectivity index (χ3n) is 3.32. The number of hydrogen-bond acceptors (Lipinski definition) is 1. The molecule has 1 aromatic rings. The highest BCUT2D eigenvalue weighted by atomic mass is 15.1. The molecule has 1 nitrogen and oxygen atoms in total. The molecule has 1 aromatic carbocycles. The minimum absolute atomic E-state index is 1.19. The Morgan fingerprint density at radius 2 is 1.75 bits per heavy atom. The summed E-state index contributed by atoms with van der Waals surface area (Å²) in [6.45, 7) is 3.80. The lowest BCUT2D eigenvalue weighted by Crippen LogP contribution is -2.30. The summed E-state index contributed by atoms with van der Waals surface area (Å²) >= 11 is 0. The van der Waals surface area contributed by atoms with Crippen LogP contribution in [0.5, 0.6) is 0 Å². The summed E-state index contributed by atoms with van der Waals surface area (Å²) in [6.07, 6.45) is 9.06. The highest BCUT2D eigenvalue weighted by molar-refractivity contribution is 5.14. The van der Waals surface area contributed by atoms with Gasteiger partial charge in [0.2, 0.25) is 0 Å². The predicted octanol–water partition coefficient (Wildman–Crippen LogP) is 3.31. The number of piperidine rings is 1. The van der Waals surface area contributed by atoms with Crippen molar-refractivity contribution in [1.29, 1.82) is 0 Å². The molecule has 1 saturated heterocycles. The quantitative estimate of drug-likeness (QED) is 0.683. The molecule has 0 amide bonds. The highest BCUT2D eigenvalue weighted by Gasteiger charge is 2.08. The Labute approximate surface area is 99.5 Å². The molecule has 0 N–H and O–H groups in total. The second-order valence-corrected chi connectivity index (χ2v) is 4.67. The Hall–Kier alpha value is -0.820. The minimum Gasteiger partial charge on any atom is -0.303 e. The zero-order valence-corrected chi connectivity index (χ0v) is 10.1. The van der Waals surface area contributed by atoms with E-state index in [-0.39, 0.29) is 0 Å². The van der Waals surface area contributed by atoms with Crippen LogP contribution < -0.4 is 0 Å². The minimum atomic E-state index is 1.19. The standard InChI is InChI=1S/C15H22N/c1-3-9-15(10-4-1)11-5-8-14-16-12-6-2-7-13-16/h1,3-4,8-10H,2,5-7,11-14H2. The first kappa shape index (κ1) is 11.7. The van der Waals surface area contributed by atoms with E-state index in [1.807, 2.05) is 0 Å². The number of aryl methyl sites for hydroxylation is 1. The highest BCUT2D eigenvalue weighted by Crippen LogP contribution is 2.10. The van der Waals surface area contributed by atoms with Crippen molar-refractivity contribution in [1.82, 2.24) is 4.90 Å². The van der Waals surface area contributed by atoms with Gasteiger partial charge in [0.15, 0.2) is 0 Å². The largest absolute Gasteiger partial charge is 0.303 e. The smallest absolute Gasteiger partial charge is 0.00129 e. The number of rotatable bonds is 5. The van der Waals surface area contributed by atoms with Crippen LogP contribution in [0.25, 0.3) is 0 Å². The maximum atomic E-state index is 2.58. The van der Waals surface area contributed by atoms with Gasteiger partial charge in [-0.3, -0.25) is 0 Å². The van der Waals surface area contributed by atoms with Gasteiger partial charge in [0.05, 0.1) is 0 Å². The number of likely N-dealkylation sites (tertiary alicyclic amines) is 1. The van der Waals surface area contributed by atoms with Crippen LogP contribution in [-0.4, -0.2) is 24.5 Å². The van der Waals surface area contributed by atoms with Crippen LogP contribution in [0.2, 0.25) is 0 Å². The average molecular weight is 216 g/mol. The molecule has 0 saturated carbocycles. The second-order valence-electron chi connectivity index (χ2n) is 4.67. The molecular formula is C15H22N. The van der Waals surface area contributed by atoms with Gasteiger partial charge in [0, 0.05) is 6.54 Å². The molecule has 1 heteroatoms. The summed E-state index contributed by atoms with van der Waals surface area (Å²) in [7, 11) is 0. The number of unbranched alkanes of at least 4 members (excludes halogenated alkanes) is 1. The summed E-state index contributed by atoms with van der Waals surface area (Å²) in [6, 6.07) is 10.8. The van der Waals surface area contributed by atoms with Gasteiger partial charge in [-0.15, -0.1) is 0 Å². The predicted molar refractivity (Wildman–Crippen MR) is 69.4 cm³/mol. The number of benzene rings is 1. The molecule has 0 aromatic heterocycles. The summed E-state index contributed by atoms with van der Waals surface area (Å²) in [5.74, 6) is 0. The third-order valence-corrected chi connectivity index (χ3v) is 3.32. The van der Waals surface area contributed by atoms with Crippen molar-refractivity contribution in [3.05, 3.63) is 42.3 Å². The van der Waals surface area contributed by atoms with Crippen LogP contribution >= 0.6 is 0 Å². The Bertz CT molecular complexity index is 275. The summed E-state index contributed by atoms with van der Waals surface area (Å²) < 4.78 is 0. The van der Waals surface area contributed by atoms with E-state index >= 15 is 0 Å². The Morgan fingerprint density at radius 3 is 2.50 bits per heavy atom. The Balaban J connectivity index is 1.58. The zero-order chi connectivity index (χ0) is 11.1. The lowest BCUT2D eigenvalue weighted by molar-refractivity contribution is 0.243. The normalized spacial score (nSPS) is 17.5. The Morgan fingerprint density at radius 1 is 1.00 bits per heavy atom. The molecular weight excluding hydrogens is 194 g/mol. The topological polar surface area (TPSA) is 3.24 Å². The molecule has 87 valence electrons. The molecule has 1 aliphatic rings. The number of nitrogens with zero attached hydrogens (tertiary/aromatic N) is 1. The monoisotopic (exact) mass is 216 g/mol. The van der Waals surface area contributed by atoms with Gasteiger partial charge in [-0.1, -0.05) is 36.8 Å². The third kappa shape index (κ3) is 3.97. The van der Waals surface area contributed by atoms with E-state index in [2.05, 4.69) is 41.7 Å². The lowest BCUT2D eigenvalue weighted by atomic mass is 10.1. The lowest BCUT2D eigenvalue weighted by Gasteiger charge is -2.26. The van der Waals surface area contributed by atoms with Crippen molar-refractivity contribution >= 4 is 0 Å². The van der Waals surface area contributed by atoms with E-state index in [1.54, 1.807) is 0 Å². The Kier molecular flexibility index (Phi) is 4.88. The maximum Gasteiger partial charge on any atom is 0.00129 e. The second kappa shape index (κ2) is 6.70. The summed E-state index contributed by atoms with van der Waals surface area (Å²) in [5, 5.41) is 0. The maximum absolute atomic E-state index is 2.58. The van der Waals surface area contributed by atoms with Gasteiger partial charge in [0.25, 0.3) is 0 Å². The molecule has 0 atom stereocenters. The van der Waals surface area contributed by atoms with E-state index < -0.39 is 0 Å². The first-order valence-electron chi connectivity index (χ1n) is 6.53. The van der Waals surface area contributed by atoms with Crippen molar-refractivity contribution in [2.24, 2.45) is 0 Å². The fourth-order valence-corrected chi connectivity index (χ4v) is 2.33. The fourth-order valence-electron chi connectivity index (χ4n) is 2.33. The van der Waals surface area contributed by atoms with Crippen molar-refractivity contribution in [2.75, 3.05) is 19.6 Å². The SMILES string of the molecule is [CH](CCc1ccccc1)CN1CCCCC1. The van der Waals surface area contributed by atoms with Gasteiger partial charge in [-0.05, 0) is 50.8 Å². The molecule has 0 bridgehead atoms. The van der Waals surface area contributed by atoms with Gasteiger partial charge < -0.3 is 4.90 Å². The molecule has 1 aliphatic heterocycles. The van der Waals surface area contributed by atoms with Gasteiger partial charge in [-0.2, -0.15) is 0 Å². The summed E-state index contributed by atoms with van der Waals surface area (Å²) in [4.78, 5) is 2.58. The zero-order valence-electron chi connectivity index (χ0n) is 10.1. The molecule has 0 spiro atoms. The van der Waals surface area contributed by atoms with Crippen molar-refractivity contribution < 1.29 is 0 Å². The van der Waals surface area contributed by atoms with Gasteiger partial charge >= 0.3 is 0 Å². The molecule has 0 aliphatic carbocycles.